The molecule has 16 nitrogen and oxygen atoms in total. The van der Waals surface area contributed by atoms with Crippen molar-refractivity contribution in [3.8, 4) is 0 Å². The van der Waals surface area contributed by atoms with Crippen LogP contribution in [-0.4, -0.2) is 120 Å². The Morgan fingerprint density at radius 1 is 1.08 bits per heavy atom. The standard InChI is InChI=1S/C19H37N5O7.H2O4S/c1-19(27)7-28-18(13(26)16(19)24-2)31-15-11(23)5-10(22)14(12(15)25)30-17-9(21)4-3-8(6-20)29-17;1-5(2,3)4/h3,9-18,24-27H,4-7,20-23H2,1-2H3;(H2,1,2,3,4). The molecule has 11 unspecified atom stereocenters. The highest BCUT2D eigenvalue weighted by atomic mass is 32.3. The van der Waals surface area contributed by atoms with Crippen molar-refractivity contribution in [2.75, 3.05) is 20.2 Å². The lowest BCUT2D eigenvalue weighted by Gasteiger charge is -2.48. The van der Waals surface area contributed by atoms with Gasteiger partial charge in [0.2, 0.25) is 6.29 Å². The zero-order chi connectivity index (χ0) is 27.4. The first-order valence-corrected chi connectivity index (χ1v) is 12.7. The Hall–Kier alpha value is -1.03. The second-order valence-electron chi connectivity index (χ2n) is 9.26. The number of nitrogens with one attached hydrogen (secondary N) is 1. The van der Waals surface area contributed by atoms with Crippen molar-refractivity contribution >= 4 is 10.4 Å². The molecule has 0 spiro atoms. The fourth-order valence-electron chi connectivity index (χ4n) is 4.44. The van der Waals surface area contributed by atoms with Crippen LogP contribution in [-0.2, 0) is 29.3 Å². The van der Waals surface area contributed by atoms with Gasteiger partial charge in [-0.05, 0) is 32.9 Å². The highest BCUT2D eigenvalue weighted by Crippen LogP contribution is 2.31. The summed E-state index contributed by atoms with van der Waals surface area (Å²) in [4.78, 5) is 0. The SMILES string of the molecule is CNC1C(O)C(OC2C(N)CC(N)C(OC3OC(CN)=CCC3N)C2O)OCC1(C)O.O=S(=O)(O)O. The zero-order valence-electron chi connectivity index (χ0n) is 20.1. The minimum Gasteiger partial charge on any atom is -0.467 e. The van der Waals surface area contributed by atoms with Gasteiger partial charge in [-0.3, -0.25) is 9.11 Å². The van der Waals surface area contributed by atoms with Gasteiger partial charge in [-0.2, -0.15) is 8.42 Å². The molecule has 0 bridgehead atoms. The van der Waals surface area contributed by atoms with Crippen LogP contribution in [0.15, 0.2) is 11.8 Å². The number of aliphatic hydroxyl groups is 3. The largest absolute Gasteiger partial charge is 0.467 e. The van der Waals surface area contributed by atoms with Crippen LogP contribution in [0.5, 0.6) is 0 Å². The van der Waals surface area contributed by atoms with Crippen molar-refractivity contribution in [1.29, 1.82) is 0 Å². The van der Waals surface area contributed by atoms with Crippen molar-refractivity contribution < 1.29 is 51.8 Å². The Balaban J connectivity index is 0.000000830. The molecule has 11 atom stereocenters. The Labute approximate surface area is 209 Å². The van der Waals surface area contributed by atoms with E-state index in [9.17, 15) is 15.3 Å². The van der Waals surface area contributed by atoms with Gasteiger partial charge >= 0.3 is 10.4 Å². The third kappa shape index (κ3) is 8.23. The van der Waals surface area contributed by atoms with Crippen LogP contribution in [0.1, 0.15) is 19.8 Å². The molecule has 0 radical (unpaired) electrons. The molecule has 3 rings (SSSR count). The highest BCUT2D eigenvalue weighted by molar-refractivity contribution is 7.79. The second-order valence-corrected chi connectivity index (χ2v) is 10.2. The van der Waals surface area contributed by atoms with E-state index in [1.165, 1.54) is 0 Å². The minimum atomic E-state index is -4.67. The third-order valence-corrected chi connectivity index (χ3v) is 6.22. The van der Waals surface area contributed by atoms with Gasteiger partial charge in [0.25, 0.3) is 0 Å². The predicted molar refractivity (Wildman–Crippen MR) is 124 cm³/mol. The quantitative estimate of drug-likeness (QED) is 0.141. The van der Waals surface area contributed by atoms with Gasteiger partial charge in [-0.25, -0.2) is 0 Å². The lowest BCUT2D eigenvalue weighted by atomic mass is 9.84. The second kappa shape index (κ2) is 12.7. The van der Waals surface area contributed by atoms with E-state index in [0.717, 1.165) is 0 Å². The van der Waals surface area contributed by atoms with Crippen LogP contribution in [0.2, 0.25) is 0 Å². The van der Waals surface area contributed by atoms with Gasteiger partial charge in [-0.15, -0.1) is 0 Å². The van der Waals surface area contributed by atoms with Gasteiger partial charge < -0.3 is 62.5 Å². The van der Waals surface area contributed by atoms with Gasteiger partial charge in [0.15, 0.2) is 6.29 Å². The fourth-order valence-corrected chi connectivity index (χ4v) is 4.44. The predicted octanol–water partition coefficient (Wildman–Crippen LogP) is -4.50. The topological polar surface area (TPSA) is 288 Å². The molecule has 1 saturated heterocycles. The van der Waals surface area contributed by atoms with Crippen LogP contribution in [0.4, 0.5) is 0 Å². The molecule has 0 aromatic rings. The summed E-state index contributed by atoms with van der Waals surface area (Å²) in [6.07, 6.45) is -3.56. The van der Waals surface area contributed by atoms with Crippen molar-refractivity contribution in [2.24, 2.45) is 22.9 Å². The van der Waals surface area contributed by atoms with Crippen molar-refractivity contribution in [3.05, 3.63) is 11.8 Å². The van der Waals surface area contributed by atoms with Crippen LogP contribution in [0.3, 0.4) is 0 Å². The highest BCUT2D eigenvalue weighted by Gasteiger charge is 2.50. The van der Waals surface area contributed by atoms with E-state index in [1.54, 1.807) is 20.0 Å². The van der Waals surface area contributed by atoms with Crippen molar-refractivity contribution in [3.63, 3.8) is 0 Å². The minimum absolute atomic E-state index is 0.0727. The maximum Gasteiger partial charge on any atom is 0.394 e. The first-order chi connectivity index (χ1) is 16.6. The zero-order valence-corrected chi connectivity index (χ0v) is 20.9. The summed E-state index contributed by atoms with van der Waals surface area (Å²) in [6, 6.07) is -2.37. The summed E-state index contributed by atoms with van der Waals surface area (Å²) < 4.78 is 54.6. The number of aliphatic hydroxyl groups excluding tert-OH is 2. The number of nitrogens with two attached hydrogens (primary N) is 4. The third-order valence-electron chi connectivity index (χ3n) is 6.22. The summed E-state index contributed by atoms with van der Waals surface area (Å²) in [5.41, 5.74) is 22.9. The van der Waals surface area contributed by atoms with E-state index < -0.39 is 77.2 Å². The molecular weight excluding hydrogens is 506 g/mol. The van der Waals surface area contributed by atoms with Gasteiger partial charge in [0.05, 0.1) is 25.2 Å². The summed E-state index contributed by atoms with van der Waals surface area (Å²) in [6.45, 7) is 1.68. The van der Waals surface area contributed by atoms with Crippen molar-refractivity contribution in [2.45, 2.75) is 86.5 Å². The van der Waals surface area contributed by atoms with Crippen LogP contribution < -0.4 is 28.3 Å². The summed E-state index contributed by atoms with van der Waals surface area (Å²) >= 11 is 0. The lowest BCUT2D eigenvalue weighted by molar-refractivity contribution is -0.303. The number of rotatable bonds is 6. The number of hydrogen-bond acceptors (Lipinski definition) is 14. The van der Waals surface area contributed by atoms with Gasteiger partial charge in [0, 0.05) is 12.1 Å². The average Bonchev–Trinajstić information content (AvgIpc) is 2.75. The molecule has 3 aliphatic rings. The van der Waals surface area contributed by atoms with Gasteiger partial charge in [0.1, 0.15) is 35.8 Å². The molecule has 2 aliphatic heterocycles. The lowest BCUT2D eigenvalue weighted by Crippen LogP contribution is -2.68. The Morgan fingerprint density at radius 3 is 2.11 bits per heavy atom. The van der Waals surface area contributed by atoms with E-state index in [2.05, 4.69) is 5.32 Å². The maximum absolute atomic E-state index is 11.0. The Kier molecular flexibility index (Phi) is 11.0. The molecule has 0 amide bonds. The monoisotopic (exact) mass is 545 g/mol. The Morgan fingerprint density at radius 2 is 1.61 bits per heavy atom. The molecule has 17 heteroatoms. The summed E-state index contributed by atoms with van der Waals surface area (Å²) in [5.74, 6) is 0.555. The smallest absolute Gasteiger partial charge is 0.394 e. The maximum atomic E-state index is 11.0. The molecule has 1 aliphatic carbocycles. The summed E-state index contributed by atoms with van der Waals surface area (Å²) in [7, 11) is -3.05. The molecule has 14 N–H and O–H groups in total. The normalized spacial score (nSPS) is 43.6. The van der Waals surface area contributed by atoms with Crippen LogP contribution in [0.25, 0.3) is 0 Å². The first-order valence-electron chi connectivity index (χ1n) is 11.3. The van der Waals surface area contributed by atoms with E-state index in [-0.39, 0.29) is 13.2 Å². The Bertz CT molecular complexity index is 840. The van der Waals surface area contributed by atoms with E-state index in [1.807, 2.05) is 0 Å². The molecule has 36 heavy (non-hydrogen) atoms. The van der Waals surface area contributed by atoms with E-state index in [4.69, 9.17) is 59.4 Å². The number of hydrogen-bond donors (Lipinski definition) is 10. The number of likely N-dealkylation sites (N-methyl/N-ethyl adjacent to an activating group) is 1. The molecule has 1 saturated carbocycles. The molecular formula is C19H39N5O11S. The van der Waals surface area contributed by atoms with Crippen LogP contribution in [0, 0.1) is 0 Å². The summed E-state index contributed by atoms with van der Waals surface area (Å²) in [5, 5.41) is 34.9. The molecule has 2 fully saturated rings. The number of ether oxygens (including phenoxy) is 4. The molecule has 0 aromatic carbocycles. The van der Waals surface area contributed by atoms with E-state index in [0.29, 0.717) is 18.6 Å². The fraction of sp³-hybridized carbons (Fsp3) is 0.895. The molecule has 2 heterocycles. The van der Waals surface area contributed by atoms with Gasteiger partial charge in [-0.1, -0.05) is 0 Å². The van der Waals surface area contributed by atoms with Crippen molar-refractivity contribution in [1.82, 2.24) is 5.32 Å². The van der Waals surface area contributed by atoms with Crippen LogP contribution >= 0.6 is 0 Å². The molecule has 0 aromatic heterocycles. The molecule has 212 valence electrons. The average molecular weight is 546 g/mol. The first kappa shape index (κ1) is 31.2. The van der Waals surface area contributed by atoms with E-state index >= 15 is 0 Å².